The van der Waals surface area contributed by atoms with E-state index in [0.29, 0.717) is 23.1 Å². The second-order valence-electron chi connectivity index (χ2n) is 4.31. The van der Waals surface area contributed by atoms with Crippen molar-refractivity contribution in [2.24, 2.45) is 0 Å². The van der Waals surface area contributed by atoms with Crippen LogP contribution in [0.15, 0.2) is 30.5 Å². The molecule has 0 aliphatic carbocycles. The molecule has 3 aromatic rings. The molecule has 20 heavy (non-hydrogen) atoms. The Hall–Kier alpha value is -3.09. The second-order valence-corrected chi connectivity index (χ2v) is 4.31. The molecule has 3 rings (SSSR count). The predicted molar refractivity (Wildman–Crippen MR) is 79.5 cm³/mol. The SMILES string of the molecule is Nc1cc(Nc2nc(N)c3cc[nH]c3n2)ccc1C=[NH2+]. The molecule has 100 valence electrons. The molecule has 0 radical (unpaired) electrons. The van der Waals surface area contributed by atoms with Crippen molar-refractivity contribution < 1.29 is 5.41 Å². The summed E-state index contributed by atoms with van der Waals surface area (Å²) in [5.74, 6) is 0.819. The summed E-state index contributed by atoms with van der Waals surface area (Å²) in [7, 11) is 0. The van der Waals surface area contributed by atoms with Crippen LogP contribution in [0, 0.1) is 0 Å². The third-order valence-electron chi connectivity index (χ3n) is 2.97. The molecule has 0 unspecified atom stereocenters. The summed E-state index contributed by atoms with van der Waals surface area (Å²) >= 11 is 0. The lowest BCUT2D eigenvalue weighted by Gasteiger charge is -2.07. The minimum Gasteiger partial charge on any atom is -0.398 e. The lowest BCUT2D eigenvalue weighted by Crippen LogP contribution is -2.30. The maximum Gasteiger partial charge on any atom is 0.231 e. The molecule has 0 bridgehead atoms. The Kier molecular flexibility index (Phi) is 2.72. The highest BCUT2D eigenvalue weighted by Gasteiger charge is 2.07. The number of nitrogen functional groups attached to an aromatic ring is 2. The van der Waals surface area contributed by atoms with E-state index in [-0.39, 0.29) is 0 Å². The van der Waals surface area contributed by atoms with Gasteiger partial charge in [-0.25, -0.2) is 0 Å². The zero-order valence-corrected chi connectivity index (χ0v) is 10.6. The number of H-pyrrole nitrogens is 1. The van der Waals surface area contributed by atoms with E-state index in [1.165, 1.54) is 6.21 Å². The van der Waals surface area contributed by atoms with Crippen LogP contribution in [0.2, 0.25) is 0 Å². The Morgan fingerprint density at radius 3 is 2.80 bits per heavy atom. The standard InChI is InChI=1S/C13H13N7/c14-6-7-1-2-8(5-10(7)15)18-13-19-11(16)9-3-4-17-12(9)20-13/h1-6,14H,15H2,(H4,16,17,18,19,20)/p+1. The molecule has 0 amide bonds. The van der Waals surface area contributed by atoms with Gasteiger partial charge in [-0.2, -0.15) is 9.97 Å². The number of hydrogen-bond acceptors (Lipinski definition) is 5. The first-order chi connectivity index (χ1) is 9.67. The van der Waals surface area contributed by atoms with Crippen molar-refractivity contribution in [1.82, 2.24) is 15.0 Å². The molecule has 1 aromatic carbocycles. The van der Waals surface area contributed by atoms with E-state index < -0.39 is 0 Å². The number of hydrogen-bond donors (Lipinski definition) is 5. The monoisotopic (exact) mass is 268 g/mol. The molecular formula is C13H14N7+. The first-order valence-corrected chi connectivity index (χ1v) is 5.99. The summed E-state index contributed by atoms with van der Waals surface area (Å²) in [6.07, 6.45) is 3.22. The number of fused-ring (bicyclic) bond motifs is 1. The number of aromatic nitrogens is 3. The van der Waals surface area contributed by atoms with Gasteiger partial charge in [0.25, 0.3) is 0 Å². The first-order valence-electron chi connectivity index (χ1n) is 5.99. The van der Waals surface area contributed by atoms with Crippen LogP contribution < -0.4 is 22.2 Å². The highest BCUT2D eigenvalue weighted by atomic mass is 15.1. The van der Waals surface area contributed by atoms with Gasteiger partial charge in [0.15, 0.2) is 6.21 Å². The van der Waals surface area contributed by atoms with Crippen LogP contribution in [0.1, 0.15) is 5.56 Å². The topological polar surface area (TPSA) is 131 Å². The van der Waals surface area contributed by atoms with Gasteiger partial charge in [-0.05, 0) is 24.3 Å². The molecule has 0 fully saturated rings. The Bertz CT molecular complexity index is 791. The van der Waals surface area contributed by atoms with E-state index in [1.54, 1.807) is 12.3 Å². The van der Waals surface area contributed by atoms with Crippen molar-refractivity contribution in [1.29, 1.82) is 0 Å². The van der Waals surface area contributed by atoms with Gasteiger partial charge >= 0.3 is 0 Å². The molecule has 7 nitrogen and oxygen atoms in total. The van der Waals surface area contributed by atoms with Crippen molar-refractivity contribution in [3.05, 3.63) is 36.0 Å². The highest BCUT2D eigenvalue weighted by molar-refractivity contribution is 5.87. The number of rotatable bonds is 3. The lowest BCUT2D eigenvalue weighted by atomic mass is 10.2. The smallest absolute Gasteiger partial charge is 0.231 e. The zero-order chi connectivity index (χ0) is 14.1. The molecule has 8 N–H and O–H groups in total. The predicted octanol–water partition coefficient (Wildman–Crippen LogP) is 0.0439. The van der Waals surface area contributed by atoms with Gasteiger partial charge in [-0.3, -0.25) is 5.41 Å². The third kappa shape index (κ3) is 2.01. The van der Waals surface area contributed by atoms with Crippen molar-refractivity contribution in [2.45, 2.75) is 0 Å². The summed E-state index contributed by atoms with van der Waals surface area (Å²) in [5.41, 5.74) is 14.5. The molecular weight excluding hydrogens is 254 g/mol. The minimum atomic E-state index is 0.404. The zero-order valence-electron chi connectivity index (χ0n) is 10.6. The average Bonchev–Trinajstić information content (AvgIpc) is 2.88. The van der Waals surface area contributed by atoms with Crippen LogP contribution in [-0.2, 0) is 0 Å². The van der Waals surface area contributed by atoms with E-state index in [0.717, 1.165) is 16.6 Å². The van der Waals surface area contributed by atoms with Crippen LogP contribution in [0.4, 0.5) is 23.1 Å². The number of benzene rings is 1. The number of aromatic amines is 1. The van der Waals surface area contributed by atoms with Crippen LogP contribution in [0.5, 0.6) is 0 Å². The van der Waals surface area contributed by atoms with Crippen molar-refractivity contribution in [3.63, 3.8) is 0 Å². The van der Waals surface area contributed by atoms with Gasteiger partial charge in [0.05, 0.1) is 10.9 Å². The molecule has 0 aliphatic heterocycles. The van der Waals surface area contributed by atoms with Crippen LogP contribution >= 0.6 is 0 Å². The van der Waals surface area contributed by atoms with E-state index in [4.69, 9.17) is 16.9 Å². The summed E-state index contributed by atoms with van der Waals surface area (Å²) in [6.45, 7) is 0. The number of nitrogens with one attached hydrogen (secondary N) is 2. The summed E-state index contributed by atoms with van der Waals surface area (Å²) < 4.78 is 0. The van der Waals surface area contributed by atoms with Crippen molar-refractivity contribution in [3.8, 4) is 0 Å². The molecule has 0 aliphatic rings. The van der Waals surface area contributed by atoms with Gasteiger partial charge in [0.1, 0.15) is 11.5 Å². The van der Waals surface area contributed by atoms with Crippen LogP contribution in [0.3, 0.4) is 0 Å². The fraction of sp³-hybridized carbons (Fsp3) is 0. The van der Waals surface area contributed by atoms with Crippen LogP contribution in [0.25, 0.3) is 11.0 Å². The summed E-state index contributed by atoms with van der Waals surface area (Å²) in [4.78, 5) is 11.5. The maximum absolute atomic E-state index is 5.87. The van der Waals surface area contributed by atoms with Gasteiger partial charge in [-0.1, -0.05) is 0 Å². The van der Waals surface area contributed by atoms with E-state index >= 15 is 0 Å². The van der Waals surface area contributed by atoms with Crippen molar-refractivity contribution in [2.75, 3.05) is 16.8 Å². The Balaban J connectivity index is 1.96. The first kappa shape index (κ1) is 12.0. The van der Waals surface area contributed by atoms with Gasteiger partial charge < -0.3 is 21.8 Å². The number of nitrogens with zero attached hydrogens (tertiary/aromatic N) is 2. The quantitative estimate of drug-likeness (QED) is 0.338. The Morgan fingerprint density at radius 2 is 2.05 bits per heavy atom. The molecule has 0 spiro atoms. The largest absolute Gasteiger partial charge is 0.398 e. The molecule has 0 saturated heterocycles. The second kappa shape index (κ2) is 4.54. The molecule has 0 saturated carbocycles. The van der Waals surface area contributed by atoms with Crippen molar-refractivity contribution >= 4 is 40.4 Å². The number of anilines is 4. The van der Waals surface area contributed by atoms with Gasteiger partial charge in [0.2, 0.25) is 5.95 Å². The molecule has 2 heterocycles. The third-order valence-corrected chi connectivity index (χ3v) is 2.97. The average molecular weight is 268 g/mol. The van der Waals surface area contributed by atoms with Gasteiger partial charge in [0, 0.05) is 17.6 Å². The normalized spacial score (nSPS) is 10.6. The Labute approximate surface area is 114 Å². The highest BCUT2D eigenvalue weighted by Crippen LogP contribution is 2.22. The maximum atomic E-state index is 5.87. The fourth-order valence-electron chi connectivity index (χ4n) is 1.95. The Morgan fingerprint density at radius 1 is 1.20 bits per heavy atom. The fourth-order valence-corrected chi connectivity index (χ4v) is 1.95. The summed E-state index contributed by atoms with van der Waals surface area (Å²) in [6, 6.07) is 7.25. The van der Waals surface area contributed by atoms with Gasteiger partial charge in [-0.15, -0.1) is 0 Å². The van der Waals surface area contributed by atoms with Crippen LogP contribution in [-0.4, -0.2) is 21.2 Å². The summed E-state index contributed by atoms with van der Waals surface area (Å²) in [5, 5.41) is 9.31. The lowest BCUT2D eigenvalue weighted by molar-refractivity contribution is -0.104. The molecule has 7 heteroatoms. The molecule has 0 atom stereocenters. The van der Waals surface area contributed by atoms with E-state index in [2.05, 4.69) is 20.3 Å². The molecule has 2 aromatic heterocycles. The van der Waals surface area contributed by atoms with E-state index in [9.17, 15) is 0 Å². The van der Waals surface area contributed by atoms with E-state index in [1.807, 2.05) is 18.2 Å². The number of nitrogens with two attached hydrogens (primary N) is 3. The minimum absolute atomic E-state index is 0.404.